The van der Waals surface area contributed by atoms with E-state index in [0.29, 0.717) is 17.0 Å². The van der Waals surface area contributed by atoms with E-state index in [1.54, 1.807) is 0 Å². The van der Waals surface area contributed by atoms with Gasteiger partial charge in [0, 0.05) is 11.1 Å². The highest BCUT2D eigenvalue weighted by atomic mass is 35.5. The molecule has 0 saturated carbocycles. The molecule has 19 heavy (non-hydrogen) atoms. The van der Waals surface area contributed by atoms with Crippen LogP contribution < -0.4 is 10.1 Å². The van der Waals surface area contributed by atoms with Gasteiger partial charge in [0.05, 0.1) is 0 Å². The van der Waals surface area contributed by atoms with Gasteiger partial charge < -0.3 is 10.1 Å². The van der Waals surface area contributed by atoms with Crippen LogP contribution in [0.4, 0.5) is 0 Å². The summed E-state index contributed by atoms with van der Waals surface area (Å²) in [6, 6.07) is 7.98. The molecule has 0 saturated heterocycles. The molecule has 0 bridgehead atoms. The van der Waals surface area contributed by atoms with Crippen LogP contribution in [-0.2, 0) is 0 Å². The van der Waals surface area contributed by atoms with Gasteiger partial charge in [-0.25, -0.2) is 0 Å². The summed E-state index contributed by atoms with van der Waals surface area (Å²) >= 11 is 5.99. The summed E-state index contributed by atoms with van der Waals surface area (Å²) in [5.41, 5.74) is 0. The Morgan fingerprint density at radius 3 is 2.42 bits per heavy atom. The summed E-state index contributed by atoms with van der Waals surface area (Å²) in [5, 5.41) is 4.28. The van der Waals surface area contributed by atoms with Gasteiger partial charge in [0.2, 0.25) is 0 Å². The Kier molecular flexibility index (Phi) is 7.25. The molecule has 0 aliphatic carbocycles. The SMILES string of the molecule is CCNC(C(CC)CC)C(C)Oc1cccc(Cl)c1. The van der Waals surface area contributed by atoms with Crippen LogP contribution in [-0.4, -0.2) is 18.7 Å². The van der Waals surface area contributed by atoms with E-state index in [1.165, 1.54) is 0 Å². The normalized spacial score (nSPS) is 14.4. The van der Waals surface area contributed by atoms with Gasteiger partial charge in [-0.2, -0.15) is 0 Å². The zero-order chi connectivity index (χ0) is 14.3. The second-order valence-electron chi connectivity index (χ2n) is 4.94. The van der Waals surface area contributed by atoms with Crippen molar-refractivity contribution in [2.45, 2.75) is 52.7 Å². The Labute approximate surface area is 122 Å². The molecular formula is C16H26ClNO. The molecule has 0 aliphatic rings. The van der Waals surface area contributed by atoms with Gasteiger partial charge in [0.25, 0.3) is 0 Å². The fourth-order valence-electron chi connectivity index (χ4n) is 2.58. The quantitative estimate of drug-likeness (QED) is 0.757. The van der Waals surface area contributed by atoms with Crippen LogP contribution in [0, 0.1) is 5.92 Å². The topological polar surface area (TPSA) is 21.3 Å². The average molecular weight is 284 g/mol. The van der Waals surface area contributed by atoms with E-state index in [1.807, 2.05) is 24.3 Å². The molecule has 108 valence electrons. The van der Waals surface area contributed by atoms with Crippen molar-refractivity contribution in [2.75, 3.05) is 6.54 Å². The lowest BCUT2D eigenvalue weighted by molar-refractivity contribution is 0.131. The van der Waals surface area contributed by atoms with Crippen LogP contribution in [0.1, 0.15) is 40.5 Å². The lowest BCUT2D eigenvalue weighted by Gasteiger charge is -2.31. The van der Waals surface area contributed by atoms with Crippen molar-refractivity contribution >= 4 is 11.6 Å². The summed E-state index contributed by atoms with van der Waals surface area (Å²) in [6.45, 7) is 9.72. The number of hydrogen-bond acceptors (Lipinski definition) is 2. The van der Waals surface area contributed by atoms with E-state index in [0.717, 1.165) is 25.1 Å². The third-order valence-corrected chi connectivity index (χ3v) is 3.86. The maximum absolute atomic E-state index is 6.05. The molecule has 0 spiro atoms. The van der Waals surface area contributed by atoms with Crippen molar-refractivity contribution in [2.24, 2.45) is 5.92 Å². The van der Waals surface area contributed by atoms with E-state index < -0.39 is 0 Å². The molecule has 1 aromatic rings. The zero-order valence-electron chi connectivity index (χ0n) is 12.4. The standard InChI is InChI=1S/C16H26ClNO/c1-5-13(6-2)16(18-7-3)12(4)19-15-10-8-9-14(17)11-15/h8-13,16,18H,5-7H2,1-4H3. The van der Waals surface area contributed by atoms with Crippen molar-refractivity contribution in [1.29, 1.82) is 0 Å². The molecular weight excluding hydrogens is 258 g/mol. The van der Waals surface area contributed by atoms with Crippen molar-refractivity contribution < 1.29 is 4.74 Å². The van der Waals surface area contributed by atoms with Crippen LogP contribution in [0.3, 0.4) is 0 Å². The monoisotopic (exact) mass is 283 g/mol. The molecule has 3 heteroatoms. The van der Waals surface area contributed by atoms with Gasteiger partial charge >= 0.3 is 0 Å². The van der Waals surface area contributed by atoms with Gasteiger partial charge in [-0.05, 0) is 37.6 Å². The molecule has 2 atom stereocenters. The highest BCUT2D eigenvalue weighted by Crippen LogP contribution is 2.22. The summed E-state index contributed by atoms with van der Waals surface area (Å²) in [6.07, 6.45) is 2.46. The van der Waals surface area contributed by atoms with Gasteiger partial charge in [-0.3, -0.25) is 0 Å². The first-order valence-electron chi connectivity index (χ1n) is 7.27. The van der Waals surface area contributed by atoms with Crippen molar-refractivity contribution in [3.8, 4) is 5.75 Å². The third kappa shape index (κ3) is 5.04. The van der Waals surface area contributed by atoms with Crippen LogP contribution in [0.25, 0.3) is 0 Å². The molecule has 0 amide bonds. The van der Waals surface area contributed by atoms with Crippen molar-refractivity contribution in [3.63, 3.8) is 0 Å². The number of halogens is 1. The number of hydrogen-bond donors (Lipinski definition) is 1. The minimum absolute atomic E-state index is 0.128. The molecule has 0 aliphatic heterocycles. The summed E-state index contributed by atoms with van der Waals surface area (Å²) in [5.74, 6) is 1.47. The highest BCUT2D eigenvalue weighted by Gasteiger charge is 2.25. The van der Waals surface area contributed by atoms with Gasteiger partial charge in [0.15, 0.2) is 0 Å². The van der Waals surface area contributed by atoms with E-state index in [4.69, 9.17) is 16.3 Å². The molecule has 2 nitrogen and oxygen atoms in total. The van der Waals surface area contributed by atoms with Gasteiger partial charge in [-0.15, -0.1) is 0 Å². The Bertz CT molecular complexity index is 366. The first kappa shape index (κ1) is 16.3. The Morgan fingerprint density at radius 2 is 1.89 bits per heavy atom. The van der Waals surface area contributed by atoms with Crippen LogP contribution in [0.15, 0.2) is 24.3 Å². The summed E-state index contributed by atoms with van der Waals surface area (Å²) < 4.78 is 6.05. The van der Waals surface area contributed by atoms with Crippen molar-refractivity contribution in [3.05, 3.63) is 29.3 Å². The predicted molar refractivity (Wildman–Crippen MR) is 83.1 cm³/mol. The lowest BCUT2D eigenvalue weighted by Crippen LogP contribution is -2.46. The van der Waals surface area contributed by atoms with E-state index in [2.05, 4.69) is 33.0 Å². The zero-order valence-corrected chi connectivity index (χ0v) is 13.2. The molecule has 1 aromatic carbocycles. The van der Waals surface area contributed by atoms with Crippen LogP contribution in [0.5, 0.6) is 5.75 Å². The van der Waals surface area contributed by atoms with Gasteiger partial charge in [0.1, 0.15) is 11.9 Å². The smallest absolute Gasteiger partial charge is 0.121 e. The number of nitrogens with one attached hydrogen (secondary N) is 1. The Morgan fingerprint density at radius 1 is 1.21 bits per heavy atom. The molecule has 1 rings (SSSR count). The van der Waals surface area contributed by atoms with E-state index >= 15 is 0 Å². The maximum atomic E-state index is 6.05. The molecule has 0 aromatic heterocycles. The summed E-state index contributed by atoms with van der Waals surface area (Å²) in [4.78, 5) is 0. The molecule has 0 heterocycles. The highest BCUT2D eigenvalue weighted by molar-refractivity contribution is 6.30. The van der Waals surface area contributed by atoms with Gasteiger partial charge in [-0.1, -0.05) is 51.3 Å². The minimum atomic E-state index is 0.128. The second kappa shape index (κ2) is 8.44. The largest absolute Gasteiger partial charge is 0.489 e. The number of ether oxygens (including phenoxy) is 1. The minimum Gasteiger partial charge on any atom is -0.489 e. The average Bonchev–Trinajstić information content (AvgIpc) is 2.39. The maximum Gasteiger partial charge on any atom is 0.121 e. The first-order chi connectivity index (χ1) is 9.12. The molecule has 0 fully saturated rings. The molecule has 1 N–H and O–H groups in total. The first-order valence-corrected chi connectivity index (χ1v) is 7.65. The van der Waals surface area contributed by atoms with Crippen molar-refractivity contribution in [1.82, 2.24) is 5.32 Å². The Hall–Kier alpha value is -0.730. The fraction of sp³-hybridized carbons (Fsp3) is 0.625. The fourth-order valence-corrected chi connectivity index (χ4v) is 2.76. The van der Waals surface area contributed by atoms with Crippen LogP contribution >= 0.6 is 11.6 Å². The predicted octanol–water partition coefficient (Wildman–Crippen LogP) is 4.52. The van der Waals surface area contributed by atoms with Crippen LogP contribution in [0.2, 0.25) is 5.02 Å². The lowest BCUT2D eigenvalue weighted by atomic mass is 9.90. The van der Waals surface area contributed by atoms with E-state index in [9.17, 15) is 0 Å². The number of likely N-dealkylation sites (N-methyl/N-ethyl adjacent to an activating group) is 1. The molecule has 2 unspecified atom stereocenters. The van der Waals surface area contributed by atoms with E-state index in [-0.39, 0.29) is 6.10 Å². The third-order valence-electron chi connectivity index (χ3n) is 3.62. The number of rotatable bonds is 8. The number of benzene rings is 1. The summed E-state index contributed by atoms with van der Waals surface area (Å²) in [7, 11) is 0. The second-order valence-corrected chi connectivity index (χ2v) is 5.38. The molecule has 0 radical (unpaired) electrons. The Balaban J connectivity index is 2.73.